The number of hydrogen-bond donors (Lipinski definition) is 1. The van der Waals surface area contributed by atoms with E-state index < -0.39 is 0 Å². The molecule has 0 amide bonds. The normalized spacial score (nSPS) is 12.7. The van der Waals surface area contributed by atoms with Crippen LogP contribution in [-0.4, -0.2) is 12.3 Å². The van der Waals surface area contributed by atoms with Gasteiger partial charge in [-0.05, 0) is 43.4 Å². The monoisotopic (exact) mass is 267 g/mol. The van der Waals surface area contributed by atoms with Crippen LogP contribution in [0.15, 0.2) is 24.3 Å². The zero-order valence-electron chi connectivity index (χ0n) is 11.2. The van der Waals surface area contributed by atoms with Gasteiger partial charge in [-0.15, -0.1) is 0 Å². The first-order valence-corrected chi connectivity index (χ1v) is 6.91. The number of benzene rings is 1. The number of carbonyl (C=O) groups excluding carboxylic acids is 1. The molecule has 0 aromatic heterocycles. The summed E-state index contributed by atoms with van der Waals surface area (Å²) in [6.07, 6.45) is 2.42. The Labute approximate surface area is 115 Å². The van der Waals surface area contributed by atoms with Crippen LogP contribution in [0.1, 0.15) is 43.5 Å². The highest BCUT2D eigenvalue weighted by Crippen LogP contribution is 2.23. The van der Waals surface area contributed by atoms with Crippen molar-refractivity contribution < 1.29 is 4.79 Å². The van der Waals surface area contributed by atoms with E-state index >= 15 is 0 Å². The van der Waals surface area contributed by atoms with Crippen LogP contribution in [0, 0.1) is 11.8 Å². The second-order valence-electron chi connectivity index (χ2n) is 5.02. The highest BCUT2D eigenvalue weighted by Gasteiger charge is 2.16. The van der Waals surface area contributed by atoms with Gasteiger partial charge >= 0.3 is 0 Å². The van der Waals surface area contributed by atoms with E-state index in [4.69, 9.17) is 17.3 Å². The summed E-state index contributed by atoms with van der Waals surface area (Å²) in [5.74, 6) is 1.21. The first-order chi connectivity index (χ1) is 8.56. The molecule has 0 saturated heterocycles. The number of hydrogen-bond acceptors (Lipinski definition) is 2. The van der Waals surface area contributed by atoms with Crippen LogP contribution < -0.4 is 5.73 Å². The van der Waals surface area contributed by atoms with E-state index in [1.165, 1.54) is 0 Å². The van der Waals surface area contributed by atoms with Gasteiger partial charge in [0, 0.05) is 12.0 Å². The molecular formula is C15H22ClNO. The molecule has 0 aliphatic rings. The number of Topliss-reactive ketones (excluding diaryl/α,β-unsaturated/α-hetero) is 1. The maximum atomic E-state index is 12.1. The van der Waals surface area contributed by atoms with Gasteiger partial charge in [0.05, 0.1) is 5.02 Å². The van der Waals surface area contributed by atoms with E-state index in [9.17, 15) is 4.79 Å². The van der Waals surface area contributed by atoms with E-state index in [1.54, 1.807) is 12.1 Å². The zero-order chi connectivity index (χ0) is 13.5. The van der Waals surface area contributed by atoms with E-state index in [1.807, 2.05) is 12.1 Å². The van der Waals surface area contributed by atoms with Crippen LogP contribution in [0.2, 0.25) is 5.02 Å². The maximum absolute atomic E-state index is 12.1. The fourth-order valence-electron chi connectivity index (χ4n) is 2.16. The van der Waals surface area contributed by atoms with Crippen molar-refractivity contribution in [3.63, 3.8) is 0 Å². The Kier molecular flexibility index (Phi) is 6.37. The number of halogens is 1. The molecule has 2 nitrogen and oxygen atoms in total. The molecule has 100 valence electrons. The summed E-state index contributed by atoms with van der Waals surface area (Å²) in [5.41, 5.74) is 6.24. The molecule has 1 unspecified atom stereocenters. The van der Waals surface area contributed by atoms with Crippen molar-refractivity contribution >= 4 is 17.4 Å². The Morgan fingerprint density at radius 3 is 2.50 bits per heavy atom. The van der Waals surface area contributed by atoms with Crippen molar-refractivity contribution in [2.24, 2.45) is 17.6 Å². The van der Waals surface area contributed by atoms with Crippen molar-refractivity contribution in [2.75, 3.05) is 6.54 Å². The topological polar surface area (TPSA) is 43.1 Å². The Bertz CT molecular complexity index is 390. The van der Waals surface area contributed by atoms with E-state index in [0.717, 1.165) is 12.8 Å². The highest BCUT2D eigenvalue weighted by molar-refractivity contribution is 6.33. The SMILES string of the molecule is CC(C)C(CCN)CCC(=O)c1ccccc1Cl. The van der Waals surface area contributed by atoms with Gasteiger partial charge < -0.3 is 5.73 Å². The molecule has 0 aliphatic heterocycles. The summed E-state index contributed by atoms with van der Waals surface area (Å²) in [5, 5.41) is 0.544. The summed E-state index contributed by atoms with van der Waals surface area (Å²) in [7, 11) is 0. The molecule has 0 radical (unpaired) electrons. The number of ketones is 1. The fourth-order valence-corrected chi connectivity index (χ4v) is 2.40. The van der Waals surface area contributed by atoms with E-state index in [2.05, 4.69) is 13.8 Å². The number of rotatable bonds is 7. The molecule has 1 rings (SSSR count). The van der Waals surface area contributed by atoms with Gasteiger partial charge in [0.15, 0.2) is 5.78 Å². The molecule has 3 heteroatoms. The van der Waals surface area contributed by atoms with Crippen molar-refractivity contribution in [3.05, 3.63) is 34.9 Å². The van der Waals surface area contributed by atoms with Gasteiger partial charge in [0.25, 0.3) is 0 Å². The largest absolute Gasteiger partial charge is 0.330 e. The van der Waals surface area contributed by atoms with Gasteiger partial charge in [0.2, 0.25) is 0 Å². The summed E-state index contributed by atoms with van der Waals surface area (Å²) < 4.78 is 0. The second kappa shape index (κ2) is 7.55. The molecule has 0 spiro atoms. The van der Waals surface area contributed by atoms with Crippen LogP contribution in [0.3, 0.4) is 0 Å². The molecule has 18 heavy (non-hydrogen) atoms. The quantitative estimate of drug-likeness (QED) is 0.761. The van der Waals surface area contributed by atoms with E-state index in [0.29, 0.717) is 35.4 Å². The predicted molar refractivity (Wildman–Crippen MR) is 77.0 cm³/mol. The van der Waals surface area contributed by atoms with Gasteiger partial charge in [-0.3, -0.25) is 4.79 Å². The molecule has 2 N–H and O–H groups in total. The summed E-state index contributed by atoms with van der Waals surface area (Å²) >= 11 is 6.02. The standard InChI is InChI=1S/C15H22ClNO/c1-11(2)12(9-10-17)7-8-15(18)13-5-3-4-6-14(13)16/h3-6,11-12H,7-10,17H2,1-2H3. The molecule has 0 heterocycles. The first-order valence-electron chi connectivity index (χ1n) is 6.54. The number of nitrogens with two attached hydrogens (primary N) is 1. The van der Waals surface area contributed by atoms with E-state index in [-0.39, 0.29) is 5.78 Å². The highest BCUT2D eigenvalue weighted by atomic mass is 35.5. The number of carbonyl (C=O) groups is 1. The lowest BCUT2D eigenvalue weighted by Crippen LogP contribution is -2.16. The van der Waals surface area contributed by atoms with Crippen LogP contribution >= 0.6 is 11.6 Å². The van der Waals surface area contributed by atoms with Crippen LogP contribution in [0.5, 0.6) is 0 Å². The molecule has 0 aliphatic carbocycles. The first kappa shape index (κ1) is 15.2. The van der Waals surface area contributed by atoms with Crippen LogP contribution in [-0.2, 0) is 0 Å². The Balaban J connectivity index is 2.58. The molecule has 0 bridgehead atoms. The molecule has 0 saturated carbocycles. The lowest BCUT2D eigenvalue weighted by molar-refractivity contribution is 0.0969. The summed E-state index contributed by atoms with van der Waals surface area (Å²) in [4.78, 5) is 12.1. The molecule has 1 aromatic rings. The average molecular weight is 268 g/mol. The van der Waals surface area contributed by atoms with Gasteiger partial charge in [0.1, 0.15) is 0 Å². The van der Waals surface area contributed by atoms with Gasteiger partial charge in [-0.1, -0.05) is 37.6 Å². The molecule has 1 atom stereocenters. The Morgan fingerprint density at radius 1 is 1.28 bits per heavy atom. The van der Waals surface area contributed by atoms with Gasteiger partial charge in [-0.25, -0.2) is 0 Å². The third-order valence-corrected chi connectivity index (χ3v) is 3.73. The second-order valence-corrected chi connectivity index (χ2v) is 5.43. The minimum Gasteiger partial charge on any atom is -0.330 e. The Hall–Kier alpha value is -0.860. The smallest absolute Gasteiger partial charge is 0.164 e. The average Bonchev–Trinajstić information content (AvgIpc) is 2.34. The third kappa shape index (κ3) is 4.43. The van der Waals surface area contributed by atoms with Gasteiger partial charge in [-0.2, -0.15) is 0 Å². The fraction of sp³-hybridized carbons (Fsp3) is 0.533. The third-order valence-electron chi connectivity index (χ3n) is 3.40. The lowest BCUT2D eigenvalue weighted by atomic mass is 9.87. The minimum absolute atomic E-state index is 0.128. The van der Waals surface area contributed by atoms with Crippen molar-refractivity contribution in [3.8, 4) is 0 Å². The van der Waals surface area contributed by atoms with Crippen LogP contribution in [0.25, 0.3) is 0 Å². The Morgan fingerprint density at radius 2 is 1.94 bits per heavy atom. The van der Waals surface area contributed by atoms with Crippen molar-refractivity contribution in [2.45, 2.75) is 33.1 Å². The minimum atomic E-state index is 0.128. The summed E-state index contributed by atoms with van der Waals surface area (Å²) in [6.45, 7) is 5.05. The molecule has 0 fully saturated rings. The lowest BCUT2D eigenvalue weighted by Gasteiger charge is -2.19. The van der Waals surface area contributed by atoms with Crippen LogP contribution in [0.4, 0.5) is 0 Å². The zero-order valence-corrected chi connectivity index (χ0v) is 11.9. The summed E-state index contributed by atoms with van der Waals surface area (Å²) in [6, 6.07) is 7.23. The van der Waals surface area contributed by atoms with Crippen molar-refractivity contribution in [1.29, 1.82) is 0 Å². The predicted octanol–water partition coefficient (Wildman–Crippen LogP) is 3.92. The van der Waals surface area contributed by atoms with Crippen molar-refractivity contribution in [1.82, 2.24) is 0 Å². The molecule has 1 aromatic carbocycles. The maximum Gasteiger partial charge on any atom is 0.164 e. The molecular weight excluding hydrogens is 246 g/mol.